The summed E-state index contributed by atoms with van der Waals surface area (Å²) in [6, 6.07) is 16.2. The van der Waals surface area contributed by atoms with Crippen LogP contribution in [0.5, 0.6) is 0 Å². The molecule has 4 rings (SSSR count). The number of esters is 2. The largest absolute Gasteiger partial charge is 0.460 e. The molecule has 4 N–H and O–H groups in total. The number of rotatable bonds is 16. The maximum atomic E-state index is 15.3. The van der Waals surface area contributed by atoms with Crippen LogP contribution >= 0.6 is 7.67 Å². The smallest absolute Gasteiger partial charge is 0.351 e. The van der Waals surface area contributed by atoms with E-state index >= 15 is 8.78 Å². The first kappa shape index (κ1) is 37.8. The summed E-state index contributed by atoms with van der Waals surface area (Å²) in [5.41, 5.74) is 0.320. The minimum atomic E-state index is -4.50. The maximum Gasteiger partial charge on any atom is 0.351 e. The van der Waals surface area contributed by atoms with Crippen LogP contribution in [-0.4, -0.2) is 69.5 Å². The van der Waals surface area contributed by atoms with Gasteiger partial charge in [0.05, 0.1) is 6.61 Å². The van der Waals surface area contributed by atoms with Crippen molar-refractivity contribution in [1.82, 2.24) is 19.7 Å². The Kier molecular flexibility index (Phi) is 12.8. The third-order valence-corrected chi connectivity index (χ3v) is 9.17. The van der Waals surface area contributed by atoms with Gasteiger partial charge in [0.1, 0.15) is 37.2 Å². The standard InChI is InChI=1S/C32H40F2N5O9P/c1-20(2)35-26-15-16-39(31(43)36-26)30-32(33,34)27(40)25(48-30)19-47-49(44,37-21(3)28(41)45-17-23-11-7-5-8-12-23)38-22(4)29(42)46-18-24-13-9-6-10-14-24/h5-16,20-22,25,27,30,40H,17-19H2,1-4H3,(H,35,36,43)(H2,37,38,44)/t21?,22?,25-,27-,30-,49?/m1/s1. The fourth-order valence-electron chi connectivity index (χ4n) is 4.69. The van der Waals surface area contributed by atoms with Crippen molar-refractivity contribution < 1.29 is 46.8 Å². The van der Waals surface area contributed by atoms with Crippen molar-refractivity contribution in [3.8, 4) is 0 Å². The van der Waals surface area contributed by atoms with Crippen LogP contribution in [-0.2, 0) is 46.1 Å². The van der Waals surface area contributed by atoms with Crippen molar-refractivity contribution in [2.75, 3.05) is 11.9 Å². The molecule has 1 saturated heterocycles. The Morgan fingerprint density at radius 2 is 1.45 bits per heavy atom. The molecule has 5 atom stereocenters. The fraction of sp³-hybridized carbons (Fsp3) is 0.438. The number of aliphatic hydroxyl groups is 1. The molecule has 2 heterocycles. The Morgan fingerprint density at radius 1 is 0.939 bits per heavy atom. The van der Waals surface area contributed by atoms with Gasteiger partial charge in [0.15, 0.2) is 6.10 Å². The first-order chi connectivity index (χ1) is 23.2. The number of carbonyl (C=O) groups is 2. The van der Waals surface area contributed by atoms with E-state index in [4.69, 9.17) is 18.7 Å². The number of carbonyl (C=O) groups excluding carboxylic acids is 2. The molecule has 1 aliphatic rings. The molecule has 0 saturated carbocycles. The predicted molar refractivity (Wildman–Crippen MR) is 173 cm³/mol. The molecule has 1 aromatic heterocycles. The molecule has 49 heavy (non-hydrogen) atoms. The molecule has 266 valence electrons. The molecule has 2 unspecified atom stereocenters. The van der Waals surface area contributed by atoms with Gasteiger partial charge in [0, 0.05) is 12.2 Å². The van der Waals surface area contributed by atoms with E-state index in [1.54, 1.807) is 74.5 Å². The first-order valence-corrected chi connectivity index (χ1v) is 17.1. The third-order valence-electron chi connectivity index (χ3n) is 7.20. The van der Waals surface area contributed by atoms with E-state index in [2.05, 4.69) is 20.5 Å². The lowest BCUT2D eigenvalue weighted by Crippen LogP contribution is -2.44. The molecule has 0 bridgehead atoms. The third kappa shape index (κ3) is 10.2. The van der Waals surface area contributed by atoms with Crippen molar-refractivity contribution >= 4 is 25.4 Å². The van der Waals surface area contributed by atoms with E-state index in [0.717, 1.165) is 6.20 Å². The number of aromatic nitrogens is 2. The second-order valence-corrected chi connectivity index (χ2v) is 13.6. The topological polar surface area (TPSA) is 179 Å². The molecule has 14 nitrogen and oxygen atoms in total. The van der Waals surface area contributed by atoms with Crippen LogP contribution in [0.2, 0.25) is 0 Å². The number of benzene rings is 2. The number of aliphatic hydroxyl groups excluding tert-OH is 1. The summed E-state index contributed by atoms with van der Waals surface area (Å²) < 4.78 is 66.6. The Hall–Kier alpha value is -4.05. The molecular weight excluding hydrogens is 667 g/mol. The van der Waals surface area contributed by atoms with Gasteiger partial charge in [-0.1, -0.05) is 60.7 Å². The molecule has 17 heteroatoms. The minimum Gasteiger partial charge on any atom is -0.460 e. The summed E-state index contributed by atoms with van der Waals surface area (Å²) in [4.78, 5) is 42.0. The SMILES string of the molecule is CC(C)Nc1ccn([C@@H]2O[C@H](COP(=O)(NC(C)C(=O)OCc3ccccc3)NC(C)C(=O)OCc3ccccc3)[C@@H](O)C2(F)F)c(=O)n1. The Labute approximate surface area is 281 Å². The highest BCUT2D eigenvalue weighted by molar-refractivity contribution is 7.54. The quantitative estimate of drug-likeness (QED) is 0.126. The summed E-state index contributed by atoms with van der Waals surface area (Å²) in [5, 5.41) is 18.3. The minimum absolute atomic E-state index is 0.0879. The molecule has 1 fully saturated rings. The van der Waals surface area contributed by atoms with Gasteiger partial charge in [-0.25, -0.2) is 15.0 Å². The average molecular weight is 708 g/mol. The molecule has 0 radical (unpaired) electrons. The molecule has 1 aliphatic heterocycles. The number of nitrogens with one attached hydrogen (secondary N) is 3. The summed E-state index contributed by atoms with van der Waals surface area (Å²) in [6.07, 6.45) is -5.54. The number of alkyl halides is 2. The lowest BCUT2D eigenvalue weighted by atomic mass is 10.1. The summed E-state index contributed by atoms with van der Waals surface area (Å²) in [5.74, 6) is -5.51. The zero-order valence-corrected chi connectivity index (χ0v) is 28.2. The van der Waals surface area contributed by atoms with Crippen LogP contribution in [0.25, 0.3) is 0 Å². The molecule has 0 amide bonds. The number of halogens is 2. The van der Waals surface area contributed by atoms with Crippen LogP contribution in [0.1, 0.15) is 45.0 Å². The van der Waals surface area contributed by atoms with Gasteiger partial charge in [0.25, 0.3) is 0 Å². The maximum absolute atomic E-state index is 15.3. The van der Waals surface area contributed by atoms with Crippen molar-refractivity contribution in [1.29, 1.82) is 0 Å². The number of hydrogen-bond acceptors (Lipinski definition) is 11. The van der Waals surface area contributed by atoms with Crippen molar-refractivity contribution in [2.45, 2.75) is 83.4 Å². The van der Waals surface area contributed by atoms with Crippen LogP contribution in [0, 0.1) is 0 Å². The van der Waals surface area contributed by atoms with Crippen molar-refractivity contribution in [3.63, 3.8) is 0 Å². The van der Waals surface area contributed by atoms with Gasteiger partial charge in [-0.3, -0.25) is 18.7 Å². The van der Waals surface area contributed by atoms with Gasteiger partial charge in [-0.15, -0.1) is 0 Å². The lowest BCUT2D eigenvalue weighted by Gasteiger charge is -2.27. The van der Waals surface area contributed by atoms with Crippen LogP contribution < -0.4 is 21.2 Å². The number of hydrogen-bond donors (Lipinski definition) is 4. The normalized spacial score (nSPS) is 21.0. The van der Waals surface area contributed by atoms with Gasteiger partial charge in [-0.2, -0.15) is 13.8 Å². The van der Waals surface area contributed by atoms with E-state index in [9.17, 15) is 24.1 Å². The van der Waals surface area contributed by atoms with Crippen molar-refractivity contribution in [2.24, 2.45) is 0 Å². The second kappa shape index (κ2) is 16.6. The van der Waals surface area contributed by atoms with Crippen molar-refractivity contribution in [3.05, 3.63) is 94.5 Å². The van der Waals surface area contributed by atoms with E-state index < -0.39 is 68.3 Å². The van der Waals surface area contributed by atoms with Crippen LogP contribution in [0.4, 0.5) is 14.6 Å². The molecule has 2 aromatic carbocycles. The lowest BCUT2D eigenvalue weighted by molar-refractivity contribution is -0.147. The predicted octanol–water partition coefficient (Wildman–Crippen LogP) is 3.52. The van der Waals surface area contributed by atoms with Crippen LogP contribution in [0.3, 0.4) is 0 Å². The van der Waals surface area contributed by atoms with E-state index in [1.807, 2.05) is 0 Å². The van der Waals surface area contributed by atoms with E-state index in [1.165, 1.54) is 19.9 Å². The van der Waals surface area contributed by atoms with E-state index in [0.29, 0.717) is 15.7 Å². The number of ether oxygens (including phenoxy) is 3. The second-order valence-electron chi connectivity index (χ2n) is 11.7. The first-order valence-electron chi connectivity index (χ1n) is 15.5. The number of nitrogens with zero attached hydrogens (tertiary/aromatic N) is 2. The number of anilines is 1. The highest BCUT2D eigenvalue weighted by Crippen LogP contribution is 2.45. The van der Waals surface area contributed by atoms with Gasteiger partial charge < -0.3 is 29.2 Å². The zero-order chi connectivity index (χ0) is 35.8. The summed E-state index contributed by atoms with van der Waals surface area (Å²) in [6.45, 7) is 5.15. The van der Waals surface area contributed by atoms with Gasteiger partial charge in [-0.05, 0) is 44.9 Å². The van der Waals surface area contributed by atoms with E-state index in [-0.39, 0.29) is 25.1 Å². The monoisotopic (exact) mass is 707 g/mol. The molecule has 0 aliphatic carbocycles. The van der Waals surface area contributed by atoms with Gasteiger partial charge in [0.2, 0.25) is 6.23 Å². The zero-order valence-electron chi connectivity index (χ0n) is 27.3. The Bertz CT molecular complexity index is 1600. The highest BCUT2D eigenvalue weighted by Gasteiger charge is 2.60. The summed E-state index contributed by atoms with van der Waals surface area (Å²) in [7, 11) is -4.50. The molecule has 3 aromatic rings. The molecule has 0 spiro atoms. The van der Waals surface area contributed by atoms with Gasteiger partial charge >= 0.3 is 31.2 Å². The fourth-order valence-corrected chi connectivity index (χ4v) is 6.50. The van der Waals surface area contributed by atoms with Crippen LogP contribution in [0.15, 0.2) is 77.7 Å². The Morgan fingerprint density at radius 3 is 1.92 bits per heavy atom. The molecular formula is C32H40F2N5O9P. The Balaban J connectivity index is 1.47. The summed E-state index contributed by atoms with van der Waals surface area (Å²) >= 11 is 0. The average Bonchev–Trinajstić information content (AvgIpc) is 3.29. The highest BCUT2D eigenvalue weighted by atomic mass is 31.2.